The number of aromatic nitrogens is 1. The van der Waals surface area contributed by atoms with Crippen molar-refractivity contribution in [3.8, 4) is 11.6 Å². The summed E-state index contributed by atoms with van der Waals surface area (Å²) in [5.41, 5.74) is -0.279. The Morgan fingerprint density at radius 3 is 2.32 bits per heavy atom. The van der Waals surface area contributed by atoms with Gasteiger partial charge in [0.1, 0.15) is 5.75 Å². The lowest BCUT2D eigenvalue weighted by atomic mass is 10.2. The van der Waals surface area contributed by atoms with Crippen LogP contribution in [0.3, 0.4) is 0 Å². The van der Waals surface area contributed by atoms with Crippen LogP contribution in [0.25, 0.3) is 0 Å². The summed E-state index contributed by atoms with van der Waals surface area (Å²) >= 11 is 0. The van der Waals surface area contributed by atoms with E-state index < -0.39 is 11.7 Å². The molecule has 0 aliphatic carbocycles. The molecule has 2 rings (SSSR count). The molecule has 0 saturated heterocycles. The van der Waals surface area contributed by atoms with Crippen LogP contribution >= 0.6 is 24.8 Å². The van der Waals surface area contributed by atoms with Crippen LogP contribution in [0.1, 0.15) is 5.56 Å². The van der Waals surface area contributed by atoms with Crippen molar-refractivity contribution in [1.82, 2.24) is 10.3 Å². The number of anilines is 1. The van der Waals surface area contributed by atoms with E-state index in [2.05, 4.69) is 15.6 Å². The number of methoxy groups -OCH3 is 1. The van der Waals surface area contributed by atoms with E-state index in [-0.39, 0.29) is 48.9 Å². The van der Waals surface area contributed by atoms with Crippen LogP contribution < -0.4 is 15.4 Å². The maximum atomic E-state index is 12.5. The van der Waals surface area contributed by atoms with Gasteiger partial charge in [0.2, 0.25) is 11.8 Å². The van der Waals surface area contributed by atoms with Gasteiger partial charge in [0.15, 0.2) is 0 Å². The molecule has 1 amide bonds. The third-order valence-corrected chi connectivity index (χ3v) is 3.19. The molecule has 2 aromatic rings. The Balaban J connectivity index is 0.00000364. The Bertz CT molecular complexity index is 714. The zero-order valence-electron chi connectivity index (χ0n) is 14.8. The molecule has 1 heterocycles. The highest BCUT2D eigenvalue weighted by Gasteiger charge is 2.30. The van der Waals surface area contributed by atoms with Gasteiger partial charge < -0.3 is 20.1 Å². The molecule has 0 radical (unpaired) electrons. The Morgan fingerprint density at radius 2 is 1.79 bits per heavy atom. The fraction of sp³-hybridized carbons (Fsp3) is 0.294. The van der Waals surface area contributed by atoms with E-state index in [0.717, 1.165) is 12.1 Å². The van der Waals surface area contributed by atoms with Crippen LogP contribution in [-0.2, 0) is 15.7 Å². The van der Waals surface area contributed by atoms with Crippen molar-refractivity contribution in [2.75, 3.05) is 32.1 Å². The number of halogens is 5. The number of nitrogens with one attached hydrogen (secondary N) is 2. The lowest BCUT2D eigenvalue weighted by Crippen LogP contribution is -2.30. The third-order valence-electron chi connectivity index (χ3n) is 3.19. The van der Waals surface area contributed by atoms with Gasteiger partial charge in [0.05, 0.1) is 30.6 Å². The van der Waals surface area contributed by atoms with Crippen molar-refractivity contribution in [1.29, 1.82) is 0 Å². The number of rotatable bonds is 8. The fourth-order valence-corrected chi connectivity index (χ4v) is 1.93. The summed E-state index contributed by atoms with van der Waals surface area (Å²) in [5.74, 6) is 0.185. The van der Waals surface area contributed by atoms with Gasteiger partial charge in [-0.15, -0.1) is 24.8 Å². The molecule has 156 valence electrons. The molecule has 28 heavy (non-hydrogen) atoms. The van der Waals surface area contributed by atoms with Gasteiger partial charge in [0, 0.05) is 19.7 Å². The Hall–Kier alpha value is -2.07. The quantitative estimate of drug-likeness (QED) is 0.607. The zero-order chi connectivity index (χ0) is 19.0. The van der Waals surface area contributed by atoms with Crippen LogP contribution in [-0.4, -0.2) is 37.7 Å². The molecule has 0 spiro atoms. The third kappa shape index (κ3) is 8.75. The Labute approximate surface area is 172 Å². The molecule has 0 aliphatic rings. The van der Waals surface area contributed by atoms with Crippen LogP contribution in [0.15, 0.2) is 42.6 Å². The second kappa shape index (κ2) is 12.4. The smallest absolute Gasteiger partial charge is 0.416 e. The number of hydrogen-bond donors (Lipinski definition) is 2. The molecule has 1 aromatic carbocycles. The number of pyridine rings is 1. The summed E-state index contributed by atoms with van der Waals surface area (Å²) in [7, 11) is 1.57. The van der Waals surface area contributed by atoms with Crippen molar-refractivity contribution in [2.45, 2.75) is 6.18 Å². The van der Waals surface area contributed by atoms with Crippen molar-refractivity contribution in [3.05, 3.63) is 48.2 Å². The van der Waals surface area contributed by atoms with Gasteiger partial charge in [-0.05, 0) is 30.3 Å². The van der Waals surface area contributed by atoms with Gasteiger partial charge >= 0.3 is 6.18 Å². The van der Waals surface area contributed by atoms with Crippen LogP contribution in [0.2, 0.25) is 0 Å². The number of alkyl halides is 3. The van der Waals surface area contributed by atoms with Crippen LogP contribution in [0, 0.1) is 0 Å². The topological polar surface area (TPSA) is 72.5 Å². The molecule has 6 nitrogen and oxygen atoms in total. The van der Waals surface area contributed by atoms with E-state index in [1.807, 2.05) is 0 Å². The Kier molecular flexibility index (Phi) is 11.5. The van der Waals surface area contributed by atoms with Gasteiger partial charge in [0.25, 0.3) is 0 Å². The summed E-state index contributed by atoms with van der Waals surface area (Å²) in [6.45, 7) is 1.19. The first-order chi connectivity index (χ1) is 12.4. The van der Waals surface area contributed by atoms with Gasteiger partial charge in [-0.3, -0.25) is 4.79 Å². The van der Waals surface area contributed by atoms with Crippen molar-refractivity contribution in [2.24, 2.45) is 0 Å². The van der Waals surface area contributed by atoms with E-state index in [9.17, 15) is 18.0 Å². The van der Waals surface area contributed by atoms with E-state index in [1.165, 1.54) is 24.4 Å². The van der Waals surface area contributed by atoms with Crippen LogP contribution in [0.5, 0.6) is 11.6 Å². The highest BCUT2D eigenvalue weighted by molar-refractivity contribution is 5.92. The first-order valence-corrected chi connectivity index (χ1v) is 7.69. The van der Waals surface area contributed by atoms with E-state index in [4.69, 9.17) is 9.47 Å². The number of amides is 1. The molecule has 0 unspecified atom stereocenters. The van der Waals surface area contributed by atoms with Gasteiger partial charge in [-0.25, -0.2) is 4.98 Å². The number of carbonyl (C=O) groups excluding carboxylic acids is 1. The number of nitrogens with zero attached hydrogens (tertiary/aromatic N) is 1. The molecular formula is C17H20Cl2F3N3O3. The van der Waals surface area contributed by atoms with Crippen LogP contribution in [0.4, 0.5) is 18.9 Å². The van der Waals surface area contributed by atoms with E-state index >= 15 is 0 Å². The van der Waals surface area contributed by atoms with E-state index in [0.29, 0.717) is 18.8 Å². The number of hydrogen-bond acceptors (Lipinski definition) is 5. The highest BCUT2D eigenvalue weighted by atomic mass is 35.5. The predicted octanol–water partition coefficient (Wildman–Crippen LogP) is 3.91. The largest absolute Gasteiger partial charge is 0.439 e. The molecule has 0 bridgehead atoms. The van der Waals surface area contributed by atoms with Gasteiger partial charge in [-0.1, -0.05) is 0 Å². The summed E-state index contributed by atoms with van der Waals surface area (Å²) in [6.07, 6.45) is -3.00. The molecule has 11 heteroatoms. The summed E-state index contributed by atoms with van der Waals surface area (Å²) < 4.78 is 47.8. The SMILES string of the molecule is COCCNCC(=O)Nc1ccc(Oc2ccc(C(F)(F)F)cc2)nc1.Cl.Cl. The second-order valence-corrected chi connectivity index (χ2v) is 5.23. The lowest BCUT2D eigenvalue weighted by molar-refractivity contribution is -0.137. The van der Waals surface area contributed by atoms with Crippen molar-refractivity contribution in [3.63, 3.8) is 0 Å². The zero-order valence-corrected chi connectivity index (χ0v) is 16.4. The number of carbonyl (C=O) groups is 1. The average molecular weight is 442 g/mol. The summed E-state index contributed by atoms with van der Waals surface area (Å²) in [4.78, 5) is 15.7. The molecular weight excluding hydrogens is 422 g/mol. The minimum Gasteiger partial charge on any atom is -0.439 e. The summed E-state index contributed by atoms with van der Waals surface area (Å²) in [6, 6.07) is 7.38. The average Bonchev–Trinajstić information content (AvgIpc) is 2.60. The maximum absolute atomic E-state index is 12.5. The monoisotopic (exact) mass is 441 g/mol. The lowest BCUT2D eigenvalue weighted by Gasteiger charge is -2.09. The van der Waals surface area contributed by atoms with Crippen molar-refractivity contribution >= 4 is 36.4 Å². The molecule has 2 N–H and O–H groups in total. The molecule has 1 aromatic heterocycles. The maximum Gasteiger partial charge on any atom is 0.416 e. The first-order valence-electron chi connectivity index (χ1n) is 7.69. The van der Waals surface area contributed by atoms with Crippen molar-refractivity contribution < 1.29 is 27.4 Å². The standard InChI is InChI=1S/C17H18F3N3O3.2ClH/c1-25-9-8-21-11-15(24)23-13-4-7-16(22-10-13)26-14-5-2-12(3-6-14)17(18,19)20;;/h2-7,10,21H,8-9,11H2,1H3,(H,23,24);2*1H. The minimum absolute atomic E-state index is 0. The highest BCUT2D eigenvalue weighted by Crippen LogP contribution is 2.31. The summed E-state index contributed by atoms with van der Waals surface area (Å²) in [5, 5.41) is 5.55. The second-order valence-electron chi connectivity index (χ2n) is 5.23. The number of ether oxygens (including phenoxy) is 2. The fourth-order valence-electron chi connectivity index (χ4n) is 1.93. The molecule has 0 fully saturated rings. The number of benzene rings is 1. The first kappa shape index (κ1) is 25.9. The van der Waals surface area contributed by atoms with E-state index in [1.54, 1.807) is 13.2 Å². The van der Waals surface area contributed by atoms with Gasteiger partial charge in [-0.2, -0.15) is 13.2 Å². The predicted molar refractivity (Wildman–Crippen MR) is 104 cm³/mol. The normalized spacial score (nSPS) is 10.4. The Morgan fingerprint density at radius 1 is 1.11 bits per heavy atom. The molecule has 0 aliphatic heterocycles. The molecule has 0 atom stereocenters. The minimum atomic E-state index is -4.39. The molecule has 0 saturated carbocycles.